The van der Waals surface area contributed by atoms with Crippen LogP contribution in [-0.2, 0) is 4.74 Å². The maximum atomic E-state index is 12.5. The highest BCUT2D eigenvalue weighted by atomic mass is 32.1. The van der Waals surface area contributed by atoms with Gasteiger partial charge >= 0.3 is 0 Å². The molecule has 0 radical (unpaired) electrons. The molecule has 1 amide bonds. The number of ether oxygens (including phenoxy) is 2. The Hall–Kier alpha value is -1.99. The van der Waals surface area contributed by atoms with Crippen molar-refractivity contribution in [3.05, 3.63) is 41.0 Å². The maximum Gasteiger partial charge on any atom is 0.263 e. The van der Waals surface area contributed by atoms with Crippen LogP contribution < -0.4 is 4.74 Å². The number of hydrogen-bond donors (Lipinski definition) is 0. The van der Waals surface area contributed by atoms with E-state index in [0.717, 1.165) is 43.6 Å². The van der Waals surface area contributed by atoms with Gasteiger partial charge in [-0.05, 0) is 24.3 Å². The van der Waals surface area contributed by atoms with Gasteiger partial charge in [-0.3, -0.25) is 9.78 Å². The minimum atomic E-state index is -0.183. The number of thiophene rings is 1. The number of piperidine rings is 1. The van der Waals surface area contributed by atoms with Crippen LogP contribution in [0.25, 0.3) is 0 Å². The van der Waals surface area contributed by atoms with Crippen molar-refractivity contribution in [3.63, 3.8) is 0 Å². The average Bonchev–Trinajstić information content (AvgIpc) is 3.18. The molecule has 2 aromatic heterocycles. The topological polar surface area (TPSA) is 64.6 Å². The molecule has 1 unspecified atom stereocenters. The molecule has 0 aliphatic carbocycles. The number of hydrogen-bond acceptors (Lipinski definition) is 6. The monoisotopic (exact) mass is 359 g/mol. The maximum absolute atomic E-state index is 12.5. The van der Waals surface area contributed by atoms with E-state index >= 15 is 0 Å². The second kappa shape index (κ2) is 7.09. The molecule has 7 heteroatoms. The summed E-state index contributed by atoms with van der Waals surface area (Å²) in [6.07, 6.45) is 8.41. The van der Waals surface area contributed by atoms with Crippen LogP contribution >= 0.6 is 11.3 Å². The summed E-state index contributed by atoms with van der Waals surface area (Å²) in [5, 5.41) is 1.94. The highest BCUT2D eigenvalue weighted by Crippen LogP contribution is 2.36. The fraction of sp³-hybridized carbons (Fsp3) is 0.500. The zero-order valence-electron chi connectivity index (χ0n) is 14.0. The van der Waals surface area contributed by atoms with Crippen molar-refractivity contribution in [3.8, 4) is 5.88 Å². The number of rotatable bonds is 3. The van der Waals surface area contributed by atoms with Crippen LogP contribution in [0.15, 0.2) is 36.1 Å². The van der Waals surface area contributed by atoms with Crippen LogP contribution in [0.2, 0.25) is 0 Å². The molecule has 2 saturated heterocycles. The van der Waals surface area contributed by atoms with Crippen molar-refractivity contribution in [2.75, 3.05) is 19.7 Å². The quantitative estimate of drug-likeness (QED) is 0.843. The second-order valence-electron chi connectivity index (χ2n) is 6.58. The summed E-state index contributed by atoms with van der Waals surface area (Å²) in [7, 11) is 0. The van der Waals surface area contributed by atoms with Crippen LogP contribution in [-0.4, -0.2) is 52.2 Å². The van der Waals surface area contributed by atoms with Gasteiger partial charge in [0.15, 0.2) is 0 Å². The highest BCUT2D eigenvalue weighted by molar-refractivity contribution is 7.12. The molecule has 2 aliphatic heterocycles. The van der Waals surface area contributed by atoms with Gasteiger partial charge in [-0.1, -0.05) is 6.07 Å². The lowest BCUT2D eigenvalue weighted by Crippen LogP contribution is -2.52. The second-order valence-corrected chi connectivity index (χ2v) is 7.52. The fourth-order valence-corrected chi connectivity index (χ4v) is 4.31. The third-order valence-electron chi connectivity index (χ3n) is 4.97. The lowest BCUT2D eigenvalue weighted by molar-refractivity contribution is -0.135. The van der Waals surface area contributed by atoms with Gasteiger partial charge in [0.05, 0.1) is 23.3 Å². The molecule has 132 valence electrons. The SMILES string of the molecule is O=C(c1cccs1)N1CCC2(CC1)CC(Oc1cnccn1)CCO2. The van der Waals surface area contributed by atoms with Gasteiger partial charge in [0, 0.05) is 38.3 Å². The van der Waals surface area contributed by atoms with E-state index in [0.29, 0.717) is 12.5 Å². The zero-order valence-corrected chi connectivity index (χ0v) is 14.8. The Kier molecular flexibility index (Phi) is 4.67. The van der Waals surface area contributed by atoms with Crippen molar-refractivity contribution in [1.29, 1.82) is 0 Å². The molecule has 4 rings (SSSR count). The van der Waals surface area contributed by atoms with Crippen molar-refractivity contribution in [2.24, 2.45) is 0 Å². The molecule has 0 aromatic carbocycles. The van der Waals surface area contributed by atoms with Crippen LogP contribution in [0, 0.1) is 0 Å². The van der Waals surface area contributed by atoms with Gasteiger partial charge in [-0.15, -0.1) is 11.3 Å². The van der Waals surface area contributed by atoms with Gasteiger partial charge in [0.1, 0.15) is 6.10 Å². The van der Waals surface area contributed by atoms with Crippen LogP contribution in [0.4, 0.5) is 0 Å². The normalized spacial score (nSPS) is 22.7. The van der Waals surface area contributed by atoms with Crippen molar-refractivity contribution >= 4 is 17.2 Å². The Bertz CT molecular complexity index is 700. The molecule has 2 aromatic rings. The molecule has 1 atom stereocenters. The summed E-state index contributed by atoms with van der Waals surface area (Å²) < 4.78 is 12.1. The lowest BCUT2D eigenvalue weighted by Gasteiger charge is -2.45. The summed E-state index contributed by atoms with van der Waals surface area (Å²) in [6.45, 7) is 2.15. The first-order chi connectivity index (χ1) is 12.2. The van der Waals surface area contributed by atoms with E-state index in [9.17, 15) is 4.79 Å². The number of amides is 1. The van der Waals surface area contributed by atoms with Crippen LogP contribution in [0.1, 0.15) is 35.4 Å². The molecular weight excluding hydrogens is 338 g/mol. The summed E-state index contributed by atoms with van der Waals surface area (Å²) in [5.74, 6) is 0.697. The Morgan fingerprint density at radius 1 is 1.36 bits per heavy atom. The smallest absolute Gasteiger partial charge is 0.263 e. The lowest BCUT2D eigenvalue weighted by atomic mass is 9.83. The van der Waals surface area contributed by atoms with E-state index in [-0.39, 0.29) is 17.6 Å². The minimum absolute atomic E-state index is 0.0880. The molecule has 2 fully saturated rings. The first kappa shape index (κ1) is 16.5. The van der Waals surface area contributed by atoms with E-state index in [4.69, 9.17) is 9.47 Å². The van der Waals surface area contributed by atoms with E-state index in [2.05, 4.69) is 9.97 Å². The molecular formula is C18H21N3O3S. The molecule has 0 bridgehead atoms. The molecule has 6 nitrogen and oxygen atoms in total. The number of carbonyl (C=O) groups excluding carboxylic acids is 1. The minimum Gasteiger partial charge on any atom is -0.473 e. The summed E-state index contributed by atoms with van der Waals surface area (Å²) >= 11 is 1.50. The molecule has 25 heavy (non-hydrogen) atoms. The number of likely N-dealkylation sites (tertiary alicyclic amines) is 1. The zero-order chi connectivity index (χ0) is 17.1. The molecule has 0 N–H and O–H groups in total. The third kappa shape index (κ3) is 3.67. The molecule has 4 heterocycles. The summed E-state index contributed by atoms with van der Waals surface area (Å²) in [6, 6.07) is 3.81. The van der Waals surface area contributed by atoms with Crippen LogP contribution in [0.5, 0.6) is 5.88 Å². The van der Waals surface area contributed by atoms with E-state index < -0.39 is 0 Å². The number of carbonyl (C=O) groups is 1. The molecule has 2 aliphatic rings. The van der Waals surface area contributed by atoms with Crippen molar-refractivity contribution in [2.45, 2.75) is 37.4 Å². The van der Waals surface area contributed by atoms with Crippen molar-refractivity contribution < 1.29 is 14.3 Å². The highest BCUT2D eigenvalue weighted by Gasteiger charge is 2.42. The standard InChI is InChI=1S/C18H21N3O3S/c22-17(15-2-1-11-25-15)21-8-4-18(5-9-21)12-14(3-10-23-18)24-16-13-19-6-7-20-16/h1-2,6-7,11,13-14H,3-5,8-10,12H2. The van der Waals surface area contributed by atoms with Gasteiger partial charge in [-0.25, -0.2) is 4.98 Å². The molecule has 1 spiro atoms. The largest absolute Gasteiger partial charge is 0.473 e. The van der Waals surface area contributed by atoms with Gasteiger partial charge < -0.3 is 14.4 Å². The van der Waals surface area contributed by atoms with Crippen LogP contribution in [0.3, 0.4) is 0 Å². The third-order valence-corrected chi connectivity index (χ3v) is 5.83. The average molecular weight is 359 g/mol. The number of nitrogens with zero attached hydrogens (tertiary/aromatic N) is 3. The Labute approximate surface area is 150 Å². The Morgan fingerprint density at radius 3 is 2.96 bits per heavy atom. The summed E-state index contributed by atoms with van der Waals surface area (Å²) in [4.78, 5) is 23.5. The first-order valence-corrected chi connectivity index (χ1v) is 9.52. The Balaban J connectivity index is 1.36. The first-order valence-electron chi connectivity index (χ1n) is 8.64. The predicted molar refractivity (Wildman–Crippen MR) is 93.8 cm³/mol. The fourth-order valence-electron chi connectivity index (χ4n) is 3.62. The number of aromatic nitrogens is 2. The molecule has 0 saturated carbocycles. The predicted octanol–water partition coefficient (Wildman–Crippen LogP) is 2.77. The van der Waals surface area contributed by atoms with Gasteiger partial charge in [-0.2, -0.15) is 0 Å². The van der Waals surface area contributed by atoms with E-state index in [1.165, 1.54) is 11.3 Å². The van der Waals surface area contributed by atoms with E-state index in [1.54, 1.807) is 18.6 Å². The summed E-state index contributed by atoms with van der Waals surface area (Å²) in [5.41, 5.74) is -0.183. The van der Waals surface area contributed by atoms with Crippen molar-refractivity contribution in [1.82, 2.24) is 14.9 Å². The Morgan fingerprint density at radius 2 is 2.24 bits per heavy atom. The van der Waals surface area contributed by atoms with E-state index in [1.807, 2.05) is 22.4 Å². The van der Waals surface area contributed by atoms with Gasteiger partial charge in [0.25, 0.3) is 5.91 Å². The van der Waals surface area contributed by atoms with Gasteiger partial charge in [0.2, 0.25) is 5.88 Å².